The quantitative estimate of drug-likeness (QED) is 0.207. The summed E-state index contributed by atoms with van der Waals surface area (Å²) in [6, 6.07) is 9.90. The lowest BCUT2D eigenvalue weighted by atomic mass is 10.2. The maximum atomic E-state index is 11.3. The van der Waals surface area contributed by atoms with Gasteiger partial charge in [0.2, 0.25) is 5.95 Å². The molecular formula is C16H21N7O2. The van der Waals surface area contributed by atoms with Crippen LogP contribution in [0.25, 0.3) is 0 Å². The van der Waals surface area contributed by atoms with Crippen molar-refractivity contribution in [2.24, 2.45) is 16.7 Å². The molecule has 0 radical (unpaired) electrons. The van der Waals surface area contributed by atoms with Gasteiger partial charge in [0, 0.05) is 18.9 Å². The number of hydrogen-bond acceptors (Lipinski definition) is 8. The van der Waals surface area contributed by atoms with E-state index in [-0.39, 0.29) is 19.0 Å². The molecule has 1 aromatic heterocycles. The van der Waals surface area contributed by atoms with Crippen LogP contribution in [0.2, 0.25) is 0 Å². The van der Waals surface area contributed by atoms with Gasteiger partial charge in [0.05, 0.1) is 12.2 Å². The van der Waals surface area contributed by atoms with Crippen molar-refractivity contribution in [3.05, 3.63) is 53.9 Å². The third kappa shape index (κ3) is 6.07. The molecule has 9 heteroatoms. The second-order valence-corrected chi connectivity index (χ2v) is 5.02. The van der Waals surface area contributed by atoms with E-state index in [9.17, 15) is 4.79 Å². The van der Waals surface area contributed by atoms with Crippen molar-refractivity contribution < 1.29 is 9.53 Å². The summed E-state index contributed by atoms with van der Waals surface area (Å²) in [5, 5.41) is 7.92. The van der Waals surface area contributed by atoms with Gasteiger partial charge >= 0.3 is 5.97 Å². The number of benzene rings is 1. The number of nitrogens with one attached hydrogen (secondary N) is 1. The smallest absolute Gasteiger partial charge is 0.329 e. The Bertz CT molecular complexity index is 704. The molecule has 0 aliphatic heterocycles. The van der Waals surface area contributed by atoms with Gasteiger partial charge in [-0.05, 0) is 12.5 Å². The molecule has 0 aliphatic rings. The number of carbonyl (C=O) groups excluding carboxylic acids is 1. The monoisotopic (exact) mass is 343 g/mol. The fraction of sp³-hybridized carbons (Fsp3) is 0.250. The van der Waals surface area contributed by atoms with Gasteiger partial charge in [0.15, 0.2) is 12.4 Å². The topological polar surface area (TPSA) is 132 Å². The van der Waals surface area contributed by atoms with Crippen molar-refractivity contribution in [2.75, 3.05) is 18.5 Å². The Kier molecular flexibility index (Phi) is 6.66. The zero-order valence-corrected chi connectivity index (χ0v) is 13.9. The standard InChI is InChI=1S/C16H21N7O2/c1-2-25-14(24)11-23(18)22-15(17)13-9-20-16(21-10-13)19-8-12-6-4-3-5-7-12/h3-7,9-10H,2,8,11,18H2,1H3,(H2,17,22)(H,19,20,21). The zero-order chi connectivity index (χ0) is 18.1. The van der Waals surface area contributed by atoms with E-state index in [1.807, 2.05) is 30.3 Å². The molecule has 9 nitrogen and oxygen atoms in total. The predicted molar refractivity (Wildman–Crippen MR) is 94.1 cm³/mol. The molecule has 0 aliphatic carbocycles. The van der Waals surface area contributed by atoms with Crippen LogP contribution in [0.4, 0.5) is 5.95 Å². The van der Waals surface area contributed by atoms with E-state index < -0.39 is 5.97 Å². The fourth-order valence-corrected chi connectivity index (χ4v) is 1.90. The summed E-state index contributed by atoms with van der Waals surface area (Å²) in [4.78, 5) is 19.7. The highest BCUT2D eigenvalue weighted by atomic mass is 16.5. The lowest BCUT2D eigenvalue weighted by molar-refractivity contribution is -0.144. The van der Waals surface area contributed by atoms with E-state index in [2.05, 4.69) is 20.4 Å². The van der Waals surface area contributed by atoms with Crippen molar-refractivity contribution in [3.8, 4) is 0 Å². The Labute approximate surface area is 145 Å². The molecule has 0 spiro atoms. The highest BCUT2D eigenvalue weighted by molar-refractivity contribution is 5.96. The second kappa shape index (κ2) is 9.18. The van der Waals surface area contributed by atoms with Crippen molar-refractivity contribution in [3.63, 3.8) is 0 Å². The van der Waals surface area contributed by atoms with Crippen LogP contribution in [0, 0.1) is 0 Å². The van der Waals surface area contributed by atoms with Gasteiger partial charge in [-0.3, -0.25) is 0 Å². The number of hydrazine groups is 1. The third-order valence-electron chi connectivity index (χ3n) is 3.07. The summed E-state index contributed by atoms with van der Waals surface area (Å²) in [7, 11) is 0. The van der Waals surface area contributed by atoms with E-state index in [0.29, 0.717) is 18.1 Å². The normalized spacial score (nSPS) is 11.0. The molecule has 0 saturated heterocycles. The molecule has 132 valence electrons. The number of carbonyl (C=O) groups is 1. The summed E-state index contributed by atoms with van der Waals surface area (Å²) in [6.45, 7) is 2.39. The minimum atomic E-state index is -0.488. The third-order valence-corrected chi connectivity index (χ3v) is 3.07. The van der Waals surface area contributed by atoms with Gasteiger partial charge in [0.1, 0.15) is 0 Å². The molecule has 5 N–H and O–H groups in total. The van der Waals surface area contributed by atoms with E-state index in [1.54, 1.807) is 6.92 Å². The molecule has 0 amide bonds. The lowest BCUT2D eigenvalue weighted by Gasteiger charge is -2.12. The van der Waals surface area contributed by atoms with Crippen molar-refractivity contribution in [1.29, 1.82) is 0 Å². The van der Waals surface area contributed by atoms with Gasteiger partial charge in [-0.1, -0.05) is 30.3 Å². The number of nitrogens with two attached hydrogens (primary N) is 2. The maximum Gasteiger partial charge on any atom is 0.329 e. The second-order valence-electron chi connectivity index (χ2n) is 5.02. The minimum absolute atomic E-state index is 0.0985. The first-order valence-electron chi connectivity index (χ1n) is 7.70. The number of anilines is 1. The number of amidine groups is 1. The van der Waals surface area contributed by atoms with Crippen LogP contribution in [-0.4, -0.2) is 40.0 Å². The molecule has 1 heterocycles. The van der Waals surface area contributed by atoms with Gasteiger partial charge in [-0.15, -0.1) is 5.10 Å². The number of hydrogen-bond donors (Lipinski definition) is 3. The summed E-state index contributed by atoms with van der Waals surface area (Å²) < 4.78 is 4.78. The highest BCUT2D eigenvalue weighted by Gasteiger charge is 2.08. The number of ether oxygens (including phenoxy) is 1. The summed E-state index contributed by atoms with van der Waals surface area (Å²) in [5.41, 5.74) is 7.45. The first-order chi connectivity index (χ1) is 12.1. The first kappa shape index (κ1) is 18.1. The van der Waals surface area contributed by atoms with E-state index in [0.717, 1.165) is 10.7 Å². The van der Waals surface area contributed by atoms with Crippen molar-refractivity contribution >= 4 is 17.8 Å². The summed E-state index contributed by atoms with van der Waals surface area (Å²) in [5.74, 6) is 5.68. The van der Waals surface area contributed by atoms with Crippen LogP contribution in [0.1, 0.15) is 18.1 Å². The van der Waals surface area contributed by atoms with Gasteiger partial charge in [-0.2, -0.15) is 0 Å². The van der Waals surface area contributed by atoms with Gasteiger partial charge < -0.3 is 15.8 Å². The molecule has 2 rings (SSSR count). The average Bonchev–Trinajstić information content (AvgIpc) is 2.61. The van der Waals surface area contributed by atoms with Crippen LogP contribution in [-0.2, 0) is 16.1 Å². The summed E-state index contributed by atoms with van der Waals surface area (Å²) >= 11 is 0. The van der Waals surface area contributed by atoms with Crippen LogP contribution in [0.3, 0.4) is 0 Å². The molecule has 0 bridgehead atoms. The molecule has 0 fully saturated rings. The molecule has 0 unspecified atom stereocenters. The number of nitrogens with zero attached hydrogens (tertiary/aromatic N) is 4. The number of hydrazone groups is 1. The zero-order valence-electron chi connectivity index (χ0n) is 13.9. The molecular weight excluding hydrogens is 322 g/mol. The molecule has 2 aromatic rings. The van der Waals surface area contributed by atoms with E-state index >= 15 is 0 Å². The Balaban J connectivity index is 1.91. The average molecular weight is 343 g/mol. The largest absolute Gasteiger partial charge is 0.465 e. The van der Waals surface area contributed by atoms with Crippen LogP contribution >= 0.6 is 0 Å². The Hall–Kier alpha value is -3.20. The van der Waals surface area contributed by atoms with Crippen LogP contribution in [0.15, 0.2) is 47.8 Å². The molecule has 0 saturated carbocycles. The van der Waals surface area contributed by atoms with Crippen LogP contribution in [0.5, 0.6) is 0 Å². The van der Waals surface area contributed by atoms with Gasteiger partial charge in [-0.25, -0.2) is 25.7 Å². The number of aromatic nitrogens is 2. The number of rotatable bonds is 8. The van der Waals surface area contributed by atoms with Gasteiger partial charge in [0.25, 0.3) is 0 Å². The SMILES string of the molecule is CCOC(=O)CN(N)/N=C(\N)c1cnc(NCc2ccccc2)nc1. The predicted octanol–water partition coefficient (Wildman–Crippen LogP) is 0.448. The minimum Gasteiger partial charge on any atom is -0.465 e. The Morgan fingerprint density at radius 2 is 1.96 bits per heavy atom. The molecule has 25 heavy (non-hydrogen) atoms. The van der Waals surface area contributed by atoms with Crippen molar-refractivity contribution in [1.82, 2.24) is 15.1 Å². The number of esters is 1. The van der Waals surface area contributed by atoms with E-state index in [4.69, 9.17) is 16.3 Å². The molecule has 0 atom stereocenters. The molecule has 1 aromatic carbocycles. The lowest BCUT2D eigenvalue weighted by Crippen LogP contribution is -2.35. The first-order valence-corrected chi connectivity index (χ1v) is 7.70. The maximum absolute atomic E-state index is 11.3. The highest BCUT2D eigenvalue weighted by Crippen LogP contribution is 2.04. The Morgan fingerprint density at radius 3 is 2.60 bits per heavy atom. The fourth-order valence-electron chi connectivity index (χ4n) is 1.90. The summed E-state index contributed by atoms with van der Waals surface area (Å²) in [6.07, 6.45) is 3.05. The van der Waals surface area contributed by atoms with E-state index in [1.165, 1.54) is 12.4 Å². The Morgan fingerprint density at radius 1 is 1.28 bits per heavy atom. The van der Waals surface area contributed by atoms with Crippen LogP contribution < -0.4 is 16.9 Å². The van der Waals surface area contributed by atoms with Crippen molar-refractivity contribution in [2.45, 2.75) is 13.5 Å².